The molecule has 0 N–H and O–H groups in total. The minimum Gasteiger partial charge on any atom is -0.486 e. The summed E-state index contributed by atoms with van der Waals surface area (Å²) in [6.45, 7) is 1.68. The van der Waals surface area contributed by atoms with Crippen molar-refractivity contribution in [3.05, 3.63) is 44.6 Å². The molecule has 1 aliphatic rings. The Labute approximate surface area is 135 Å². The van der Waals surface area contributed by atoms with E-state index in [-0.39, 0.29) is 5.91 Å². The number of amides is 1. The summed E-state index contributed by atoms with van der Waals surface area (Å²) in [6.07, 6.45) is 0. The molecule has 3 rings (SSSR count). The molecule has 0 spiro atoms. The van der Waals surface area contributed by atoms with Crippen LogP contribution < -0.4 is 9.47 Å². The van der Waals surface area contributed by atoms with Crippen molar-refractivity contribution in [1.29, 1.82) is 0 Å². The Morgan fingerprint density at radius 2 is 2.05 bits per heavy atom. The van der Waals surface area contributed by atoms with E-state index in [0.29, 0.717) is 25.3 Å². The lowest BCUT2D eigenvalue weighted by Gasteiger charge is -2.21. The molecule has 110 valence electrons. The molecule has 1 amide bonds. The third-order valence-corrected chi connectivity index (χ3v) is 4.69. The Kier molecular flexibility index (Phi) is 4.17. The van der Waals surface area contributed by atoms with Crippen LogP contribution in [0.2, 0.25) is 0 Å². The van der Waals surface area contributed by atoms with Crippen LogP contribution in [0, 0.1) is 0 Å². The normalized spacial score (nSPS) is 13.0. The summed E-state index contributed by atoms with van der Waals surface area (Å²) in [5.74, 6) is 1.52. The largest absolute Gasteiger partial charge is 0.486 e. The molecule has 0 fully saturated rings. The van der Waals surface area contributed by atoms with Gasteiger partial charge in [0.25, 0.3) is 5.91 Å². The summed E-state index contributed by atoms with van der Waals surface area (Å²) in [5, 5.41) is 1.85. The predicted molar refractivity (Wildman–Crippen MR) is 85.2 cm³/mol. The van der Waals surface area contributed by atoms with Crippen molar-refractivity contribution in [3.8, 4) is 11.5 Å². The maximum atomic E-state index is 12.3. The number of fused-ring (bicyclic) bond motifs is 1. The minimum atomic E-state index is 0.00633. The second kappa shape index (κ2) is 6.07. The van der Waals surface area contributed by atoms with E-state index in [9.17, 15) is 4.79 Å². The molecule has 0 radical (unpaired) electrons. The van der Waals surface area contributed by atoms with Gasteiger partial charge in [-0.25, -0.2) is 0 Å². The van der Waals surface area contributed by atoms with Gasteiger partial charge in [0.15, 0.2) is 11.5 Å². The zero-order valence-corrected chi connectivity index (χ0v) is 13.9. The average molecular weight is 368 g/mol. The topological polar surface area (TPSA) is 38.8 Å². The maximum absolute atomic E-state index is 12.3. The van der Waals surface area contributed by atoms with E-state index in [1.54, 1.807) is 11.9 Å². The van der Waals surface area contributed by atoms with Gasteiger partial charge in [0.2, 0.25) is 0 Å². The van der Waals surface area contributed by atoms with E-state index in [2.05, 4.69) is 15.9 Å². The first kappa shape index (κ1) is 14.4. The maximum Gasteiger partial charge on any atom is 0.254 e. The Morgan fingerprint density at radius 3 is 2.76 bits per heavy atom. The molecular weight excluding hydrogens is 354 g/mol. The van der Waals surface area contributed by atoms with Crippen molar-refractivity contribution in [1.82, 2.24) is 4.90 Å². The van der Waals surface area contributed by atoms with Crippen LogP contribution >= 0.6 is 27.3 Å². The van der Waals surface area contributed by atoms with Crippen molar-refractivity contribution in [3.63, 3.8) is 0 Å². The van der Waals surface area contributed by atoms with Gasteiger partial charge in [-0.3, -0.25) is 4.79 Å². The molecule has 0 unspecified atom stereocenters. The number of hydrogen-bond donors (Lipinski definition) is 0. The van der Waals surface area contributed by atoms with Crippen LogP contribution in [-0.4, -0.2) is 31.1 Å². The first-order valence-electron chi connectivity index (χ1n) is 6.51. The van der Waals surface area contributed by atoms with Gasteiger partial charge in [-0.05, 0) is 39.7 Å². The van der Waals surface area contributed by atoms with Crippen LogP contribution in [-0.2, 0) is 6.54 Å². The van der Waals surface area contributed by atoms with E-state index < -0.39 is 0 Å². The molecule has 1 aliphatic heterocycles. The van der Waals surface area contributed by atoms with Crippen LogP contribution in [0.4, 0.5) is 0 Å². The van der Waals surface area contributed by atoms with Crippen molar-refractivity contribution in [2.75, 3.05) is 20.3 Å². The zero-order chi connectivity index (χ0) is 14.8. The average Bonchev–Trinajstić information content (AvgIpc) is 2.93. The highest BCUT2D eigenvalue weighted by molar-refractivity contribution is 9.11. The third-order valence-electron chi connectivity index (χ3n) is 3.19. The van der Waals surface area contributed by atoms with Gasteiger partial charge in [-0.1, -0.05) is 6.07 Å². The molecule has 2 heterocycles. The number of benzene rings is 1. The highest BCUT2D eigenvalue weighted by atomic mass is 79.9. The first-order chi connectivity index (χ1) is 10.1. The van der Waals surface area contributed by atoms with Crippen molar-refractivity contribution in [2.24, 2.45) is 0 Å². The Bertz CT molecular complexity index is 671. The smallest absolute Gasteiger partial charge is 0.254 e. The summed E-state index contributed by atoms with van der Waals surface area (Å²) in [6, 6.07) is 7.62. The van der Waals surface area contributed by atoms with Crippen LogP contribution in [0.15, 0.2) is 33.4 Å². The number of hydrogen-bond acceptors (Lipinski definition) is 4. The molecule has 2 aromatic rings. The second-order valence-corrected chi connectivity index (χ2v) is 7.07. The molecule has 1 aromatic heterocycles. The Morgan fingerprint density at radius 1 is 1.29 bits per heavy atom. The van der Waals surface area contributed by atoms with E-state index in [1.165, 1.54) is 11.3 Å². The molecule has 6 heteroatoms. The van der Waals surface area contributed by atoms with Crippen LogP contribution in [0.3, 0.4) is 0 Å². The fourth-order valence-corrected chi connectivity index (χ4v) is 3.30. The van der Waals surface area contributed by atoms with Gasteiger partial charge >= 0.3 is 0 Å². The number of carbonyl (C=O) groups is 1. The predicted octanol–water partition coefficient (Wildman–Crippen LogP) is 3.55. The van der Waals surface area contributed by atoms with Crippen molar-refractivity contribution < 1.29 is 14.3 Å². The lowest BCUT2D eigenvalue weighted by molar-refractivity contribution is 0.0785. The van der Waals surface area contributed by atoms with Gasteiger partial charge in [-0.2, -0.15) is 0 Å². The van der Waals surface area contributed by atoms with Crippen LogP contribution in [0.1, 0.15) is 15.9 Å². The van der Waals surface area contributed by atoms with Gasteiger partial charge in [0.1, 0.15) is 13.2 Å². The van der Waals surface area contributed by atoms with Crippen molar-refractivity contribution >= 4 is 33.2 Å². The van der Waals surface area contributed by atoms with Gasteiger partial charge in [0, 0.05) is 19.0 Å². The molecule has 0 bridgehead atoms. The monoisotopic (exact) mass is 367 g/mol. The number of ether oxygens (including phenoxy) is 2. The van der Waals surface area contributed by atoms with E-state index >= 15 is 0 Å². The van der Waals surface area contributed by atoms with E-state index in [1.807, 2.05) is 29.6 Å². The fraction of sp³-hybridized carbons (Fsp3) is 0.267. The SMILES string of the molecule is CN(Cc1ccc2c(c1)OCCO2)C(=O)c1csc(Br)c1. The molecular formula is C15H14BrNO3S. The van der Waals surface area contributed by atoms with Crippen LogP contribution in [0.25, 0.3) is 0 Å². The number of rotatable bonds is 3. The van der Waals surface area contributed by atoms with Gasteiger partial charge in [0.05, 0.1) is 9.35 Å². The first-order valence-corrected chi connectivity index (χ1v) is 8.19. The number of carbonyl (C=O) groups excluding carboxylic acids is 1. The van der Waals surface area contributed by atoms with Crippen LogP contribution in [0.5, 0.6) is 11.5 Å². The third kappa shape index (κ3) is 3.22. The fourth-order valence-electron chi connectivity index (χ4n) is 2.17. The van der Waals surface area contributed by atoms with E-state index in [4.69, 9.17) is 9.47 Å². The number of halogens is 1. The summed E-state index contributed by atoms with van der Waals surface area (Å²) in [4.78, 5) is 14.0. The standard InChI is InChI=1S/C15H14BrNO3S/c1-17(15(18)11-7-14(16)21-9-11)8-10-2-3-12-13(6-10)20-5-4-19-12/h2-3,6-7,9H,4-5,8H2,1H3. The second-order valence-electron chi connectivity index (χ2n) is 4.78. The molecule has 0 saturated heterocycles. The Hall–Kier alpha value is -1.53. The summed E-state index contributed by atoms with van der Waals surface area (Å²) < 4.78 is 12.0. The number of nitrogens with zero attached hydrogens (tertiary/aromatic N) is 1. The highest BCUT2D eigenvalue weighted by Gasteiger charge is 2.16. The molecule has 0 atom stereocenters. The minimum absolute atomic E-state index is 0.00633. The summed E-state index contributed by atoms with van der Waals surface area (Å²) in [7, 11) is 1.80. The molecule has 21 heavy (non-hydrogen) atoms. The summed E-state index contributed by atoms with van der Waals surface area (Å²) in [5.41, 5.74) is 1.72. The van der Waals surface area contributed by atoms with Gasteiger partial charge < -0.3 is 14.4 Å². The Balaban J connectivity index is 1.72. The lowest BCUT2D eigenvalue weighted by atomic mass is 10.1. The van der Waals surface area contributed by atoms with E-state index in [0.717, 1.165) is 20.8 Å². The summed E-state index contributed by atoms with van der Waals surface area (Å²) >= 11 is 4.88. The van der Waals surface area contributed by atoms with Crippen molar-refractivity contribution in [2.45, 2.75) is 6.54 Å². The highest BCUT2D eigenvalue weighted by Crippen LogP contribution is 2.31. The molecule has 0 aliphatic carbocycles. The van der Waals surface area contributed by atoms with Gasteiger partial charge in [-0.15, -0.1) is 11.3 Å². The molecule has 4 nitrogen and oxygen atoms in total. The molecule has 1 aromatic carbocycles. The zero-order valence-electron chi connectivity index (χ0n) is 11.5. The lowest BCUT2D eigenvalue weighted by Crippen LogP contribution is -2.26. The quantitative estimate of drug-likeness (QED) is 0.832. The molecule has 0 saturated carbocycles. The number of thiophene rings is 1.